The molecule has 4 rings (SSSR count). The number of amides is 1. The van der Waals surface area contributed by atoms with Gasteiger partial charge in [-0.3, -0.25) is 4.79 Å². The molecule has 1 atom stereocenters. The molecule has 0 aliphatic rings. The molecule has 14 heteroatoms. The van der Waals surface area contributed by atoms with Crippen molar-refractivity contribution in [2.45, 2.75) is 12.3 Å². The van der Waals surface area contributed by atoms with E-state index in [1.165, 1.54) is 36.4 Å². The van der Waals surface area contributed by atoms with E-state index >= 15 is 0 Å². The Bertz CT molecular complexity index is 1500. The normalized spacial score (nSPS) is 12.9. The van der Waals surface area contributed by atoms with Crippen molar-refractivity contribution in [2.24, 2.45) is 0 Å². The number of sulfone groups is 1. The average Bonchev–Trinajstić information content (AvgIpc) is 3.51. The lowest BCUT2D eigenvalue weighted by molar-refractivity contribution is -0.137. The summed E-state index contributed by atoms with van der Waals surface area (Å²) in [6.07, 6.45) is -5.38. The Morgan fingerprint density at radius 3 is 2.32 bits per heavy atom. The standard InChI is InChI=1S/C23H19F3N4O6S/c1-37(33,34)12-11-27-21(32)18(31)14-7-9-15(10-8-14)20-28-22(36-30-20)19-16(23(24,25)26)17(29-35-19)13-5-3-2-4-6-13/h2-10,18,31H,11-12H2,1H3,(H,27,32). The molecule has 0 fully saturated rings. The highest BCUT2D eigenvalue weighted by atomic mass is 32.2. The summed E-state index contributed by atoms with van der Waals surface area (Å²) < 4.78 is 74.0. The van der Waals surface area contributed by atoms with E-state index in [-0.39, 0.29) is 29.2 Å². The van der Waals surface area contributed by atoms with Crippen molar-refractivity contribution in [2.75, 3.05) is 18.6 Å². The number of carbonyl (C=O) groups excluding carboxylic acids is 1. The molecule has 10 nitrogen and oxygen atoms in total. The predicted octanol–water partition coefficient (Wildman–Crippen LogP) is 3.27. The molecule has 0 spiro atoms. The number of aliphatic hydroxyl groups is 1. The van der Waals surface area contributed by atoms with Crippen LogP contribution in [0.2, 0.25) is 0 Å². The van der Waals surface area contributed by atoms with E-state index in [4.69, 9.17) is 9.05 Å². The Morgan fingerprint density at radius 1 is 1.03 bits per heavy atom. The molecule has 0 saturated heterocycles. The Morgan fingerprint density at radius 2 is 1.70 bits per heavy atom. The van der Waals surface area contributed by atoms with Crippen LogP contribution in [0.15, 0.2) is 63.6 Å². The van der Waals surface area contributed by atoms with Gasteiger partial charge in [0.2, 0.25) is 11.6 Å². The first-order valence-electron chi connectivity index (χ1n) is 10.6. The molecular formula is C23H19F3N4O6S. The lowest BCUT2D eigenvalue weighted by Gasteiger charge is -2.11. The number of nitrogens with one attached hydrogen (secondary N) is 1. The number of benzene rings is 2. The molecule has 0 radical (unpaired) electrons. The van der Waals surface area contributed by atoms with Gasteiger partial charge < -0.3 is 19.5 Å². The van der Waals surface area contributed by atoms with E-state index in [9.17, 15) is 31.5 Å². The highest BCUT2D eigenvalue weighted by Gasteiger charge is 2.43. The van der Waals surface area contributed by atoms with Crippen LogP contribution >= 0.6 is 0 Å². The van der Waals surface area contributed by atoms with Crippen LogP contribution in [0, 0.1) is 0 Å². The second-order valence-corrected chi connectivity index (χ2v) is 10.2. The lowest BCUT2D eigenvalue weighted by atomic mass is 10.1. The second-order valence-electron chi connectivity index (χ2n) is 7.97. The van der Waals surface area contributed by atoms with Gasteiger partial charge in [0.15, 0.2) is 6.10 Å². The van der Waals surface area contributed by atoms with Crippen LogP contribution in [0.4, 0.5) is 13.2 Å². The quantitative estimate of drug-likeness (QED) is 0.346. The number of halogens is 3. The van der Waals surface area contributed by atoms with Crippen LogP contribution in [0.5, 0.6) is 0 Å². The second kappa shape index (κ2) is 10.1. The number of carbonyl (C=O) groups is 1. The van der Waals surface area contributed by atoms with E-state index in [0.717, 1.165) is 6.26 Å². The predicted molar refractivity (Wildman–Crippen MR) is 123 cm³/mol. The number of hydrogen-bond donors (Lipinski definition) is 2. The fraction of sp³-hybridized carbons (Fsp3) is 0.217. The monoisotopic (exact) mass is 536 g/mol. The van der Waals surface area contributed by atoms with Crippen LogP contribution in [0.1, 0.15) is 17.2 Å². The lowest BCUT2D eigenvalue weighted by Crippen LogP contribution is -2.33. The molecule has 4 aromatic rings. The van der Waals surface area contributed by atoms with Gasteiger partial charge in [-0.05, 0) is 5.56 Å². The molecule has 2 aromatic carbocycles. The molecule has 1 amide bonds. The van der Waals surface area contributed by atoms with Crippen LogP contribution in [-0.2, 0) is 20.8 Å². The van der Waals surface area contributed by atoms with Crippen molar-refractivity contribution in [1.82, 2.24) is 20.6 Å². The van der Waals surface area contributed by atoms with E-state index in [2.05, 4.69) is 20.6 Å². The number of rotatable bonds is 8. The Kier molecular flexibility index (Phi) is 7.14. The van der Waals surface area contributed by atoms with Crippen molar-refractivity contribution in [3.63, 3.8) is 0 Å². The third-order valence-corrected chi connectivity index (χ3v) is 6.09. The van der Waals surface area contributed by atoms with E-state index in [0.29, 0.717) is 5.56 Å². The third kappa shape index (κ3) is 6.03. The average molecular weight is 536 g/mol. The maximum atomic E-state index is 13.9. The fourth-order valence-corrected chi connectivity index (χ4v) is 3.82. The van der Waals surface area contributed by atoms with Gasteiger partial charge in [0, 0.05) is 23.9 Å². The number of alkyl halides is 3. The molecule has 2 heterocycles. The zero-order valence-electron chi connectivity index (χ0n) is 19.1. The molecule has 194 valence electrons. The van der Waals surface area contributed by atoms with Gasteiger partial charge in [-0.1, -0.05) is 64.9 Å². The van der Waals surface area contributed by atoms with E-state index in [1.54, 1.807) is 18.2 Å². The summed E-state index contributed by atoms with van der Waals surface area (Å²) in [7, 11) is -3.28. The summed E-state index contributed by atoms with van der Waals surface area (Å²) >= 11 is 0. The Balaban J connectivity index is 1.55. The first-order valence-corrected chi connectivity index (χ1v) is 12.7. The number of aromatic nitrogens is 3. The van der Waals surface area contributed by atoms with Gasteiger partial charge in [0.05, 0.1) is 5.75 Å². The summed E-state index contributed by atoms with van der Waals surface area (Å²) in [4.78, 5) is 16.1. The van der Waals surface area contributed by atoms with Crippen molar-refractivity contribution in [1.29, 1.82) is 0 Å². The molecule has 0 aliphatic carbocycles. The molecule has 37 heavy (non-hydrogen) atoms. The summed E-state index contributed by atoms with van der Waals surface area (Å²) in [5.74, 6) is -2.41. The highest BCUT2D eigenvalue weighted by molar-refractivity contribution is 7.90. The highest BCUT2D eigenvalue weighted by Crippen LogP contribution is 2.43. The van der Waals surface area contributed by atoms with Crippen LogP contribution in [0.25, 0.3) is 34.3 Å². The summed E-state index contributed by atoms with van der Waals surface area (Å²) in [5, 5.41) is 19.8. The van der Waals surface area contributed by atoms with Gasteiger partial charge in [-0.15, -0.1) is 0 Å². The van der Waals surface area contributed by atoms with Crippen LogP contribution < -0.4 is 5.32 Å². The summed E-state index contributed by atoms with van der Waals surface area (Å²) in [6, 6.07) is 13.3. The molecule has 2 N–H and O–H groups in total. The topological polar surface area (TPSA) is 148 Å². The van der Waals surface area contributed by atoms with Crippen molar-refractivity contribution in [3.8, 4) is 34.3 Å². The zero-order chi connectivity index (χ0) is 26.8. The van der Waals surface area contributed by atoms with Gasteiger partial charge in [0.1, 0.15) is 21.1 Å². The van der Waals surface area contributed by atoms with Gasteiger partial charge in [-0.25, -0.2) is 8.42 Å². The van der Waals surface area contributed by atoms with Crippen LogP contribution in [0.3, 0.4) is 0 Å². The zero-order valence-corrected chi connectivity index (χ0v) is 19.9. The first kappa shape index (κ1) is 26.0. The summed E-state index contributed by atoms with van der Waals surface area (Å²) in [6.45, 7) is -0.161. The van der Waals surface area contributed by atoms with Crippen molar-refractivity contribution >= 4 is 15.7 Å². The van der Waals surface area contributed by atoms with Crippen molar-refractivity contribution < 1.29 is 40.5 Å². The van der Waals surface area contributed by atoms with Gasteiger partial charge >= 0.3 is 6.18 Å². The molecule has 0 aliphatic heterocycles. The van der Waals surface area contributed by atoms with Crippen molar-refractivity contribution in [3.05, 3.63) is 65.7 Å². The first-order chi connectivity index (χ1) is 17.4. The molecule has 0 bridgehead atoms. The molecule has 1 unspecified atom stereocenters. The third-order valence-electron chi connectivity index (χ3n) is 5.15. The fourth-order valence-electron chi connectivity index (χ4n) is 3.35. The van der Waals surface area contributed by atoms with Gasteiger partial charge in [-0.2, -0.15) is 18.2 Å². The molecule has 2 aromatic heterocycles. The van der Waals surface area contributed by atoms with E-state index in [1.807, 2.05) is 0 Å². The largest absolute Gasteiger partial charge is 0.422 e. The summed E-state index contributed by atoms with van der Waals surface area (Å²) in [5.41, 5.74) is -0.879. The maximum Gasteiger partial charge on any atom is 0.422 e. The number of hydrogen-bond acceptors (Lipinski definition) is 9. The van der Waals surface area contributed by atoms with Gasteiger partial charge in [0.25, 0.3) is 11.8 Å². The smallest absolute Gasteiger partial charge is 0.378 e. The molecule has 0 saturated carbocycles. The minimum absolute atomic E-state index is 0.0700. The number of nitrogens with zero attached hydrogens (tertiary/aromatic N) is 3. The maximum absolute atomic E-state index is 13.9. The SMILES string of the molecule is CS(=O)(=O)CCNC(=O)C(O)c1ccc(-c2noc(-c3onc(-c4ccccc4)c3C(F)(F)F)n2)cc1. The van der Waals surface area contributed by atoms with E-state index < -0.39 is 50.9 Å². The Labute approximate surface area is 208 Å². The minimum Gasteiger partial charge on any atom is -0.378 e. The van der Waals surface area contributed by atoms with Crippen LogP contribution in [-0.4, -0.2) is 53.3 Å². The Hall–Kier alpha value is -4.04. The number of aliphatic hydroxyl groups excluding tert-OH is 1. The molecular weight excluding hydrogens is 517 g/mol. The minimum atomic E-state index is -4.82.